The van der Waals surface area contributed by atoms with Gasteiger partial charge in [-0.1, -0.05) is 61.9 Å². The summed E-state index contributed by atoms with van der Waals surface area (Å²) in [5.74, 6) is 0.276. The summed E-state index contributed by atoms with van der Waals surface area (Å²) in [6.45, 7) is 5.88. The third-order valence-corrected chi connectivity index (χ3v) is 9.31. The number of carbonyl (C=O) groups is 1. The zero-order valence-electron chi connectivity index (χ0n) is 22.2. The van der Waals surface area contributed by atoms with Crippen LogP contribution in [0.5, 0.6) is 11.5 Å². The van der Waals surface area contributed by atoms with Gasteiger partial charge in [0.05, 0.1) is 24.2 Å². The van der Waals surface area contributed by atoms with E-state index in [1.54, 1.807) is 36.4 Å². The first kappa shape index (κ1) is 27.9. The van der Waals surface area contributed by atoms with Crippen LogP contribution in [0.3, 0.4) is 0 Å². The van der Waals surface area contributed by atoms with Crippen molar-refractivity contribution in [2.75, 3.05) is 23.3 Å². The number of carbonyl (C=O) groups excluding carboxylic acids is 1. The van der Waals surface area contributed by atoms with Crippen LogP contribution in [0.15, 0.2) is 71.6 Å². The number of halogens is 1. The zero-order chi connectivity index (χ0) is 28.7. The molecule has 4 aromatic rings. The summed E-state index contributed by atoms with van der Waals surface area (Å²) in [6, 6.07) is 18.6. The van der Waals surface area contributed by atoms with Gasteiger partial charge in [-0.25, -0.2) is 8.42 Å². The number of ether oxygens (including phenoxy) is 2. The molecule has 3 aromatic carbocycles. The number of anilines is 2. The molecular weight excluding hydrogens is 572 g/mol. The molecule has 0 radical (unpaired) electrons. The van der Waals surface area contributed by atoms with Gasteiger partial charge in [0.1, 0.15) is 16.5 Å². The van der Waals surface area contributed by atoms with Gasteiger partial charge < -0.3 is 9.47 Å². The van der Waals surface area contributed by atoms with Crippen molar-refractivity contribution in [1.82, 2.24) is 10.2 Å². The van der Waals surface area contributed by atoms with Gasteiger partial charge in [0.25, 0.3) is 15.9 Å². The van der Waals surface area contributed by atoms with Gasteiger partial charge in [0, 0.05) is 10.6 Å². The number of amides is 1. The van der Waals surface area contributed by atoms with Crippen LogP contribution in [-0.4, -0.2) is 44.3 Å². The van der Waals surface area contributed by atoms with E-state index in [-0.39, 0.29) is 27.7 Å². The average molecular weight is 599 g/mol. The predicted molar refractivity (Wildman–Crippen MR) is 156 cm³/mol. The van der Waals surface area contributed by atoms with Gasteiger partial charge in [0.2, 0.25) is 5.13 Å². The summed E-state index contributed by atoms with van der Waals surface area (Å²) < 4.78 is 40.2. The summed E-state index contributed by atoms with van der Waals surface area (Å²) in [6.07, 6.45) is -1.14. The van der Waals surface area contributed by atoms with Crippen molar-refractivity contribution in [2.24, 2.45) is 0 Å². The second-order valence-corrected chi connectivity index (χ2v) is 13.4. The Labute approximate surface area is 241 Å². The van der Waals surface area contributed by atoms with E-state index < -0.39 is 22.0 Å². The predicted octanol–water partition coefficient (Wildman–Crippen LogP) is 5.76. The summed E-state index contributed by atoms with van der Waals surface area (Å²) in [5.41, 5.74) is 1.86. The van der Waals surface area contributed by atoms with Crippen molar-refractivity contribution in [1.29, 1.82) is 0 Å². The minimum Gasteiger partial charge on any atom is -0.497 e. The molecule has 5 rings (SSSR count). The highest BCUT2D eigenvalue weighted by atomic mass is 35.5. The molecule has 40 heavy (non-hydrogen) atoms. The summed E-state index contributed by atoms with van der Waals surface area (Å²) in [5, 5.41) is 12.4. The van der Waals surface area contributed by atoms with E-state index >= 15 is 0 Å². The number of aromatic nitrogens is 2. The largest absolute Gasteiger partial charge is 0.497 e. The molecule has 208 valence electrons. The van der Waals surface area contributed by atoms with Crippen LogP contribution >= 0.6 is 22.9 Å². The van der Waals surface area contributed by atoms with E-state index in [0.717, 1.165) is 11.1 Å². The second kappa shape index (κ2) is 10.7. The second-order valence-electron chi connectivity index (χ2n) is 10.2. The number of methoxy groups -OCH3 is 1. The van der Waals surface area contributed by atoms with E-state index in [2.05, 4.69) is 15.5 Å². The maximum absolute atomic E-state index is 13.9. The number of sulfonamides is 1. The molecule has 0 bridgehead atoms. The first-order valence-corrected chi connectivity index (χ1v) is 15.0. The molecule has 1 aliphatic rings. The van der Waals surface area contributed by atoms with Gasteiger partial charge in [0.15, 0.2) is 6.10 Å². The average Bonchev–Trinajstić information content (AvgIpc) is 3.40. The molecule has 1 aliphatic heterocycles. The van der Waals surface area contributed by atoms with Crippen LogP contribution in [0.1, 0.15) is 26.3 Å². The minimum absolute atomic E-state index is 0.0678. The highest BCUT2D eigenvalue weighted by Gasteiger charge is 2.38. The molecule has 1 atom stereocenters. The smallest absolute Gasteiger partial charge is 0.269 e. The Morgan fingerprint density at radius 2 is 1.77 bits per heavy atom. The number of nitrogens with one attached hydrogen (secondary N) is 1. The number of benzene rings is 3. The Morgan fingerprint density at radius 3 is 2.42 bits per heavy atom. The van der Waals surface area contributed by atoms with E-state index in [0.29, 0.717) is 21.5 Å². The Kier molecular flexibility index (Phi) is 7.47. The normalized spacial score (nSPS) is 15.2. The van der Waals surface area contributed by atoms with Crippen molar-refractivity contribution < 1.29 is 22.7 Å². The van der Waals surface area contributed by atoms with E-state index in [9.17, 15) is 13.2 Å². The first-order valence-electron chi connectivity index (χ1n) is 12.3. The number of nitrogens with zero attached hydrogens (tertiary/aromatic N) is 3. The van der Waals surface area contributed by atoms with Crippen molar-refractivity contribution in [3.8, 4) is 22.1 Å². The monoisotopic (exact) mass is 598 g/mol. The lowest BCUT2D eigenvalue weighted by Gasteiger charge is -2.35. The number of hydrogen-bond donors (Lipinski definition) is 1. The van der Waals surface area contributed by atoms with Crippen molar-refractivity contribution in [3.63, 3.8) is 0 Å². The SMILES string of the molecule is COc1ccc(S(=O)(=O)N2C[C@H](C(=O)Nc3nnc(-c4ccc(Cl)cc4)s3)Oc3ccc(C(C)(C)C)cc32)cc1. The van der Waals surface area contributed by atoms with Gasteiger partial charge in [-0.3, -0.25) is 14.4 Å². The van der Waals surface area contributed by atoms with Gasteiger partial charge >= 0.3 is 0 Å². The molecule has 0 aliphatic carbocycles. The Balaban J connectivity index is 1.46. The topological polar surface area (TPSA) is 111 Å². The van der Waals surface area contributed by atoms with Crippen molar-refractivity contribution >= 4 is 49.7 Å². The number of hydrogen-bond acceptors (Lipinski definition) is 8. The molecule has 0 fully saturated rings. The van der Waals surface area contributed by atoms with Crippen molar-refractivity contribution in [3.05, 3.63) is 77.3 Å². The highest BCUT2D eigenvalue weighted by molar-refractivity contribution is 7.92. The molecule has 0 saturated heterocycles. The minimum atomic E-state index is -4.06. The molecule has 12 heteroatoms. The molecule has 9 nitrogen and oxygen atoms in total. The fraction of sp³-hybridized carbons (Fsp3) is 0.250. The Bertz CT molecular complexity index is 1650. The van der Waals surface area contributed by atoms with Crippen LogP contribution in [0, 0.1) is 0 Å². The first-order chi connectivity index (χ1) is 19.0. The van der Waals surface area contributed by atoms with Crippen LogP contribution in [0.25, 0.3) is 10.6 Å². The van der Waals surface area contributed by atoms with Gasteiger partial charge in [-0.05, 0) is 59.5 Å². The lowest BCUT2D eigenvalue weighted by Crippen LogP contribution is -2.49. The van der Waals surface area contributed by atoms with Gasteiger partial charge in [-0.15, -0.1) is 10.2 Å². The third-order valence-electron chi connectivity index (χ3n) is 6.38. The summed E-state index contributed by atoms with van der Waals surface area (Å²) in [7, 11) is -2.55. The standard InChI is InChI=1S/C28H27ClN4O5S2/c1-28(2,3)18-7-14-23-22(15-18)33(40(35,36)21-12-10-20(37-4)11-13-21)16-24(38-23)25(34)30-27-32-31-26(39-27)17-5-8-19(29)9-6-17/h5-15,24H,16H2,1-4H3,(H,30,32,34)/t24-/m1/s1. The number of fused-ring (bicyclic) bond motifs is 1. The fourth-order valence-electron chi connectivity index (χ4n) is 4.13. The number of rotatable bonds is 6. The zero-order valence-corrected chi connectivity index (χ0v) is 24.6. The molecule has 1 aromatic heterocycles. The molecule has 0 unspecified atom stereocenters. The Morgan fingerprint density at radius 1 is 1.07 bits per heavy atom. The van der Waals surface area contributed by atoms with E-state index in [4.69, 9.17) is 21.1 Å². The van der Waals surface area contributed by atoms with Crippen LogP contribution in [0.4, 0.5) is 10.8 Å². The molecule has 1 N–H and O–H groups in total. The lowest BCUT2D eigenvalue weighted by atomic mass is 9.86. The van der Waals surface area contributed by atoms with Crippen LogP contribution < -0.4 is 19.1 Å². The van der Waals surface area contributed by atoms with Crippen molar-refractivity contribution in [2.45, 2.75) is 37.2 Å². The fourth-order valence-corrected chi connectivity index (χ4v) is 6.47. The molecule has 2 heterocycles. The molecular formula is C28H27ClN4O5S2. The Hall–Kier alpha value is -3.67. The maximum Gasteiger partial charge on any atom is 0.269 e. The van der Waals surface area contributed by atoms with E-state index in [1.807, 2.05) is 39.0 Å². The maximum atomic E-state index is 13.9. The molecule has 1 amide bonds. The van der Waals surface area contributed by atoms with Crippen LogP contribution in [0.2, 0.25) is 5.02 Å². The quantitative estimate of drug-likeness (QED) is 0.300. The van der Waals surface area contributed by atoms with Crippen LogP contribution in [-0.2, 0) is 20.2 Å². The summed E-state index contributed by atoms with van der Waals surface area (Å²) in [4.78, 5) is 13.4. The molecule has 0 saturated carbocycles. The van der Waals surface area contributed by atoms with E-state index in [1.165, 1.54) is 34.9 Å². The summed E-state index contributed by atoms with van der Waals surface area (Å²) >= 11 is 7.15. The lowest BCUT2D eigenvalue weighted by molar-refractivity contribution is -0.122. The molecule has 0 spiro atoms. The van der Waals surface area contributed by atoms with Gasteiger partial charge in [-0.2, -0.15) is 0 Å². The third kappa shape index (κ3) is 5.63. The highest BCUT2D eigenvalue weighted by Crippen LogP contribution is 2.40.